The largest absolute Gasteiger partial charge is 0.363 e. The van der Waals surface area contributed by atoms with Crippen LogP contribution < -0.4 is 10.9 Å². The van der Waals surface area contributed by atoms with Gasteiger partial charge in [-0.25, -0.2) is 4.98 Å². The first-order chi connectivity index (χ1) is 9.60. The van der Waals surface area contributed by atoms with Crippen LogP contribution in [0.2, 0.25) is 0 Å². The van der Waals surface area contributed by atoms with Crippen molar-refractivity contribution in [3.05, 3.63) is 22.7 Å². The van der Waals surface area contributed by atoms with Crippen molar-refractivity contribution in [2.45, 2.75) is 46.2 Å². The average molecular weight is 278 g/mol. The molecule has 2 rings (SSSR count). The minimum absolute atomic E-state index is 0.000814. The number of nitrogens with one attached hydrogen (secondary N) is 1. The third-order valence-electron chi connectivity index (χ3n) is 3.85. The fourth-order valence-electron chi connectivity index (χ4n) is 2.67. The Morgan fingerprint density at radius 2 is 2.10 bits per heavy atom. The highest BCUT2D eigenvalue weighted by molar-refractivity contribution is 5.32. The van der Waals surface area contributed by atoms with Crippen molar-refractivity contribution >= 4 is 5.82 Å². The molecule has 0 radical (unpaired) electrons. The molecule has 0 spiro atoms. The molecule has 5 nitrogen and oxygen atoms in total. The molecule has 1 fully saturated rings. The second kappa shape index (κ2) is 6.88. The van der Waals surface area contributed by atoms with Crippen molar-refractivity contribution in [1.29, 1.82) is 0 Å². The quantitative estimate of drug-likeness (QED) is 0.892. The summed E-state index contributed by atoms with van der Waals surface area (Å²) in [6, 6.07) is 0.368. The number of rotatable bonds is 5. The molecule has 1 aliphatic heterocycles. The first-order valence-electron chi connectivity index (χ1n) is 7.64. The second-order valence-corrected chi connectivity index (χ2v) is 5.98. The molecule has 0 atom stereocenters. The van der Waals surface area contributed by atoms with E-state index in [1.807, 2.05) is 0 Å². The molecule has 2 heterocycles. The standard InChI is InChI=1S/C15H26N4O/c1-4-18-8-5-13(6-9-18)17-14-15(20)19(10-7-16-14)11-12(2)3/h7,10,12-13H,4-6,8-9,11H2,1-3H3,(H,16,17). The summed E-state index contributed by atoms with van der Waals surface area (Å²) in [5, 5.41) is 3.34. The Balaban J connectivity index is 2.01. The molecule has 1 aromatic rings. The van der Waals surface area contributed by atoms with Crippen LogP contribution in [-0.2, 0) is 6.54 Å². The third-order valence-corrected chi connectivity index (χ3v) is 3.85. The third kappa shape index (κ3) is 3.82. The normalized spacial score (nSPS) is 17.6. The van der Waals surface area contributed by atoms with E-state index in [1.165, 1.54) is 0 Å². The Hall–Kier alpha value is -1.36. The lowest BCUT2D eigenvalue weighted by Gasteiger charge is -2.31. The van der Waals surface area contributed by atoms with Gasteiger partial charge in [-0.05, 0) is 25.3 Å². The molecule has 0 bridgehead atoms. The average Bonchev–Trinajstić information content (AvgIpc) is 2.43. The molecule has 5 heteroatoms. The fourth-order valence-corrected chi connectivity index (χ4v) is 2.67. The van der Waals surface area contributed by atoms with Crippen LogP contribution >= 0.6 is 0 Å². The van der Waals surface area contributed by atoms with Gasteiger partial charge in [0.2, 0.25) is 0 Å². The van der Waals surface area contributed by atoms with Gasteiger partial charge in [-0.3, -0.25) is 4.79 Å². The Kier molecular flexibility index (Phi) is 5.17. The van der Waals surface area contributed by atoms with Crippen LogP contribution in [0.15, 0.2) is 17.2 Å². The maximum absolute atomic E-state index is 12.3. The van der Waals surface area contributed by atoms with Gasteiger partial charge in [-0.15, -0.1) is 0 Å². The number of hydrogen-bond acceptors (Lipinski definition) is 4. The minimum Gasteiger partial charge on any atom is -0.363 e. The van der Waals surface area contributed by atoms with E-state index in [9.17, 15) is 4.79 Å². The molecule has 0 aromatic carbocycles. The number of anilines is 1. The Bertz CT molecular complexity index is 475. The maximum atomic E-state index is 12.3. The summed E-state index contributed by atoms with van der Waals surface area (Å²) in [7, 11) is 0. The molecule has 20 heavy (non-hydrogen) atoms. The molecule has 1 aromatic heterocycles. The van der Waals surface area contributed by atoms with Crippen molar-refractivity contribution in [2.24, 2.45) is 5.92 Å². The Morgan fingerprint density at radius 3 is 2.70 bits per heavy atom. The van der Waals surface area contributed by atoms with E-state index < -0.39 is 0 Å². The molecule has 1 aliphatic rings. The maximum Gasteiger partial charge on any atom is 0.293 e. The molecular formula is C15H26N4O. The predicted octanol–water partition coefficient (Wildman–Crippen LogP) is 1.80. The topological polar surface area (TPSA) is 50.2 Å². The van der Waals surface area contributed by atoms with E-state index in [1.54, 1.807) is 17.0 Å². The van der Waals surface area contributed by atoms with Gasteiger partial charge in [0, 0.05) is 38.1 Å². The van der Waals surface area contributed by atoms with Crippen molar-refractivity contribution in [2.75, 3.05) is 25.0 Å². The van der Waals surface area contributed by atoms with Crippen LogP contribution in [0.25, 0.3) is 0 Å². The zero-order valence-corrected chi connectivity index (χ0v) is 12.8. The van der Waals surface area contributed by atoms with E-state index in [2.05, 4.69) is 36.0 Å². The molecule has 1 saturated heterocycles. The SMILES string of the molecule is CCN1CCC(Nc2nccn(CC(C)C)c2=O)CC1. The van der Waals surface area contributed by atoms with E-state index in [-0.39, 0.29) is 5.56 Å². The monoisotopic (exact) mass is 278 g/mol. The molecule has 0 unspecified atom stereocenters. The molecular weight excluding hydrogens is 252 g/mol. The summed E-state index contributed by atoms with van der Waals surface area (Å²) < 4.78 is 1.75. The fraction of sp³-hybridized carbons (Fsp3) is 0.733. The van der Waals surface area contributed by atoms with Gasteiger partial charge in [0.25, 0.3) is 5.56 Å². The van der Waals surface area contributed by atoms with Crippen molar-refractivity contribution in [3.63, 3.8) is 0 Å². The lowest BCUT2D eigenvalue weighted by Crippen LogP contribution is -2.40. The smallest absolute Gasteiger partial charge is 0.293 e. The Labute approximate surface area is 121 Å². The zero-order chi connectivity index (χ0) is 14.5. The summed E-state index contributed by atoms with van der Waals surface area (Å²) in [5.41, 5.74) is -0.000814. The summed E-state index contributed by atoms with van der Waals surface area (Å²) in [6.45, 7) is 10.5. The number of aromatic nitrogens is 2. The number of piperidine rings is 1. The summed E-state index contributed by atoms with van der Waals surface area (Å²) in [4.78, 5) is 19.0. The van der Waals surface area contributed by atoms with Gasteiger partial charge < -0.3 is 14.8 Å². The van der Waals surface area contributed by atoms with Crippen molar-refractivity contribution in [3.8, 4) is 0 Å². The summed E-state index contributed by atoms with van der Waals surface area (Å²) in [6.07, 6.45) is 5.64. The van der Waals surface area contributed by atoms with Crippen LogP contribution in [0, 0.1) is 5.92 Å². The van der Waals surface area contributed by atoms with Gasteiger partial charge >= 0.3 is 0 Å². The molecule has 0 amide bonds. The second-order valence-electron chi connectivity index (χ2n) is 5.98. The van der Waals surface area contributed by atoms with Gasteiger partial charge in [0.15, 0.2) is 5.82 Å². The molecule has 112 valence electrons. The lowest BCUT2D eigenvalue weighted by molar-refractivity contribution is 0.229. The number of likely N-dealkylation sites (tertiary alicyclic amines) is 1. The van der Waals surface area contributed by atoms with Crippen LogP contribution in [0.5, 0.6) is 0 Å². The van der Waals surface area contributed by atoms with Crippen LogP contribution in [-0.4, -0.2) is 40.1 Å². The van der Waals surface area contributed by atoms with Crippen molar-refractivity contribution < 1.29 is 0 Å². The highest BCUT2D eigenvalue weighted by Crippen LogP contribution is 2.13. The number of nitrogens with zero attached hydrogens (tertiary/aromatic N) is 3. The van der Waals surface area contributed by atoms with Gasteiger partial charge in [-0.2, -0.15) is 0 Å². The van der Waals surface area contributed by atoms with Gasteiger partial charge in [-0.1, -0.05) is 20.8 Å². The van der Waals surface area contributed by atoms with Crippen LogP contribution in [0.3, 0.4) is 0 Å². The van der Waals surface area contributed by atoms with Gasteiger partial charge in [0.1, 0.15) is 0 Å². The van der Waals surface area contributed by atoms with Gasteiger partial charge in [0.05, 0.1) is 0 Å². The van der Waals surface area contributed by atoms with Crippen LogP contribution in [0.4, 0.5) is 5.82 Å². The summed E-state index contributed by atoms with van der Waals surface area (Å²) in [5.74, 6) is 0.957. The van der Waals surface area contributed by atoms with E-state index in [0.717, 1.165) is 39.0 Å². The van der Waals surface area contributed by atoms with E-state index >= 15 is 0 Å². The lowest BCUT2D eigenvalue weighted by atomic mass is 10.1. The first kappa shape index (κ1) is 15.0. The molecule has 0 aliphatic carbocycles. The Morgan fingerprint density at radius 1 is 1.40 bits per heavy atom. The van der Waals surface area contributed by atoms with E-state index in [0.29, 0.717) is 17.8 Å². The van der Waals surface area contributed by atoms with Crippen LogP contribution in [0.1, 0.15) is 33.6 Å². The summed E-state index contributed by atoms with van der Waals surface area (Å²) >= 11 is 0. The molecule has 1 N–H and O–H groups in total. The highest BCUT2D eigenvalue weighted by Gasteiger charge is 2.19. The zero-order valence-electron chi connectivity index (χ0n) is 12.8. The highest BCUT2D eigenvalue weighted by atomic mass is 16.1. The van der Waals surface area contributed by atoms with Crippen molar-refractivity contribution in [1.82, 2.24) is 14.5 Å². The predicted molar refractivity (Wildman–Crippen MR) is 82.1 cm³/mol. The number of hydrogen-bond donors (Lipinski definition) is 1. The van der Waals surface area contributed by atoms with E-state index in [4.69, 9.17) is 0 Å². The first-order valence-corrected chi connectivity index (χ1v) is 7.64. The molecule has 0 saturated carbocycles. The minimum atomic E-state index is -0.000814.